The Balaban J connectivity index is 4.05. The summed E-state index contributed by atoms with van der Waals surface area (Å²) in [6.45, 7) is 9.71. The monoisotopic (exact) mass is 271 g/mol. The molecule has 0 saturated heterocycles. The Morgan fingerprint density at radius 1 is 1.00 bits per heavy atom. The van der Waals surface area contributed by atoms with Crippen LogP contribution in [0.4, 0.5) is 4.79 Å². The summed E-state index contributed by atoms with van der Waals surface area (Å²) < 4.78 is 0. The number of carbonyl (C=O) groups excluding carboxylic acids is 2. The van der Waals surface area contributed by atoms with E-state index in [1.54, 1.807) is 13.8 Å². The number of hydrogen-bond acceptors (Lipinski definition) is 3. The van der Waals surface area contributed by atoms with Crippen molar-refractivity contribution in [2.75, 3.05) is 0 Å². The maximum absolute atomic E-state index is 11.7. The molecule has 0 fully saturated rings. The van der Waals surface area contributed by atoms with Crippen molar-refractivity contribution in [3.05, 3.63) is 0 Å². The summed E-state index contributed by atoms with van der Waals surface area (Å²) in [5.41, 5.74) is 0. The molecule has 112 valence electrons. The molecule has 0 aliphatic rings. The summed E-state index contributed by atoms with van der Waals surface area (Å²) in [5, 5.41) is 16.0. The van der Waals surface area contributed by atoms with E-state index in [1.165, 1.54) is 0 Å². The molecule has 0 aromatic rings. The normalized spacial score (nSPS) is 14.3. The number of carboxylic acids is 1. The van der Waals surface area contributed by atoms with Gasteiger partial charge in [-0.1, -0.05) is 40.5 Å². The predicted molar refractivity (Wildman–Crippen MR) is 73.5 cm³/mol. The van der Waals surface area contributed by atoms with Gasteiger partial charge in [-0.25, -0.2) is 4.79 Å². The number of carbonyl (C=O) groups is 2. The van der Waals surface area contributed by atoms with Crippen LogP contribution >= 0.6 is 0 Å². The van der Waals surface area contributed by atoms with Gasteiger partial charge in [-0.15, -0.1) is 0 Å². The largest absolute Gasteiger partial charge is 0.548 e. The Morgan fingerprint density at radius 3 is 2.00 bits per heavy atom. The minimum Gasteiger partial charge on any atom is -0.548 e. The van der Waals surface area contributed by atoms with Crippen molar-refractivity contribution < 1.29 is 14.7 Å². The zero-order chi connectivity index (χ0) is 15.0. The van der Waals surface area contributed by atoms with E-state index >= 15 is 0 Å². The molecule has 0 aromatic carbocycles. The second-order valence-electron chi connectivity index (χ2n) is 5.88. The van der Waals surface area contributed by atoms with Crippen LogP contribution in [0.3, 0.4) is 0 Å². The van der Waals surface area contributed by atoms with Gasteiger partial charge >= 0.3 is 6.03 Å². The molecule has 5 heteroatoms. The van der Waals surface area contributed by atoms with E-state index in [0.29, 0.717) is 5.92 Å². The molecule has 0 unspecified atom stereocenters. The molecule has 0 aliphatic carbocycles. The Labute approximate surface area is 116 Å². The van der Waals surface area contributed by atoms with Crippen LogP contribution < -0.4 is 15.7 Å². The van der Waals surface area contributed by atoms with E-state index in [9.17, 15) is 14.7 Å². The van der Waals surface area contributed by atoms with Crippen LogP contribution in [-0.2, 0) is 4.79 Å². The van der Waals surface area contributed by atoms with E-state index in [1.807, 2.05) is 6.92 Å². The van der Waals surface area contributed by atoms with Gasteiger partial charge in [0.05, 0.1) is 12.0 Å². The Hall–Kier alpha value is -1.26. The molecule has 5 nitrogen and oxygen atoms in total. The van der Waals surface area contributed by atoms with E-state index in [2.05, 4.69) is 24.5 Å². The summed E-state index contributed by atoms with van der Waals surface area (Å²) in [4.78, 5) is 22.5. The standard InChI is InChI=1S/C14H28N2O3/c1-9(2)7-6-8-11(5)15-14(19)16-12(10(3)4)13(17)18/h9-12H,6-8H2,1-5H3,(H,17,18)(H2,15,16,19)/p-1/t11-,12+/m1/s1. The van der Waals surface area contributed by atoms with Crippen LogP contribution in [0.2, 0.25) is 0 Å². The van der Waals surface area contributed by atoms with Gasteiger partial charge in [0.2, 0.25) is 0 Å². The topological polar surface area (TPSA) is 81.3 Å². The molecule has 0 aliphatic heterocycles. The third-order valence-electron chi connectivity index (χ3n) is 3.00. The Bertz CT molecular complexity index is 290. The number of amides is 2. The molecule has 19 heavy (non-hydrogen) atoms. The third kappa shape index (κ3) is 8.46. The van der Waals surface area contributed by atoms with Gasteiger partial charge in [0.25, 0.3) is 0 Å². The molecule has 0 aromatic heterocycles. The van der Waals surface area contributed by atoms with Crippen molar-refractivity contribution >= 4 is 12.0 Å². The maximum atomic E-state index is 11.7. The smallest absolute Gasteiger partial charge is 0.315 e. The van der Waals surface area contributed by atoms with Crippen LogP contribution in [0.25, 0.3) is 0 Å². The summed E-state index contributed by atoms with van der Waals surface area (Å²) in [6, 6.07) is -1.36. The lowest BCUT2D eigenvalue weighted by Gasteiger charge is -2.24. The number of nitrogens with one attached hydrogen (secondary N) is 2. The molecule has 2 amide bonds. The summed E-state index contributed by atoms with van der Waals surface area (Å²) in [7, 11) is 0. The summed E-state index contributed by atoms with van der Waals surface area (Å²) >= 11 is 0. The highest BCUT2D eigenvalue weighted by atomic mass is 16.4. The van der Waals surface area contributed by atoms with Crippen molar-refractivity contribution in [1.29, 1.82) is 0 Å². The summed E-state index contributed by atoms with van der Waals surface area (Å²) in [6.07, 6.45) is 3.07. The van der Waals surface area contributed by atoms with Crippen LogP contribution in [0.15, 0.2) is 0 Å². The van der Waals surface area contributed by atoms with Gasteiger partial charge in [-0.2, -0.15) is 0 Å². The minimum absolute atomic E-state index is 0.0355. The molecule has 0 radical (unpaired) electrons. The molecular weight excluding hydrogens is 244 g/mol. The average molecular weight is 271 g/mol. The lowest BCUT2D eigenvalue weighted by Crippen LogP contribution is -2.54. The molecule has 0 bridgehead atoms. The number of urea groups is 1. The van der Waals surface area contributed by atoms with E-state index in [-0.39, 0.29) is 12.0 Å². The first-order valence-electron chi connectivity index (χ1n) is 7.01. The van der Waals surface area contributed by atoms with Crippen LogP contribution in [0.1, 0.15) is 53.9 Å². The molecule has 0 saturated carbocycles. The second-order valence-corrected chi connectivity index (χ2v) is 5.88. The highest BCUT2D eigenvalue weighted by Crippen LogP contribution is 2.08. The highest BCUT2D eigenvalue weighted by molar-refractivity contribution is 5.81. The van der Waals surface area contributed by atoms with Crippen LogP contribution in [-0.4, -0.2) is 24.1 Å². The molecule has 2 atom stereocenters. The first-order chi connectivity index (χ1) is 8.73. The van der Waals surface area contributed by atoms with Crippen LogP contribution in [0, 0.1) is 11.8 Å². The van der Waals surface area contributed by atoms with Gasteiger partial charge in [0.1, 0.15) is 0 Å². The van der Waals surface area contributed by atoms with Crippen molar-refractivity contribution in [3.8, 4) is 0 Å². The highest BCUT2D eigenvalue weighted by Gasteiger charge is 2.18. The average Bonchev–Trinajstić information content (AvgIpc) is 2.24. The fraction of sp³-hybridized carbons (Fsp3) is 0.857. The van der Waals surface area contributed by atoms with Crippen LogP contribution in [0.5, 0.6) is 0 Å². The zero-order valence-corrected chi connectivity index (χ0v) is 12.7. The van der Waals surface area contributed by atoms with Crippen molar-refractivity contribution in [2.24, 2.45) is 11.8 Å². The van der Waals surface area contributed by atoms with Crippen molar-refractivity contribution in [2.45, 2.75) is 66.0 Å². The number of carboxylic acid groups (broad SMARTS) is 1. The zero-order valence-electron chi connectivity index (χ0n) is 12.7. The van der Waals surface area contributed by atoms with Gasteiger partial charge in [-0.3, -0.25) is 0 Å². The maximum Gasteiger partial charge on any atom is 0.315 e. The minimum atomic E-state index is -1.25. The predicted octanol–water partition coefficient (Wildman–Crippen LogP) is 1.27. The van der Waals surface area contributed by atoms with E-state index in [4.69, 9.17) is 0 Å². The van der Waals surface area contributed by atoms with Gasteiger partial charge in [0, 0.05) is 6.04 Å². The fourth-order valence-corrected chi connectivity index (χ4v) is 1.81. The summed E-state index contributed by atoms with van der Waals surface area (Å²) in [5.74, 6) is -0.797. The van der Waals surface area contributed by atoms with Crippen molar-refractivity contribution in [3.63, 3.8) is 0 Å². The molecule has 2 N–H and O–H groups in total. The van der Waals surface area contributed by atoms with E-state index in [0.717, 1.165) is 19.3 Å². The molecule has 0 spiro atoms. The van der Waals surface area contributed by atoms with Crippen molar-refractivity contribution in [1.82, 2.24) is 10.6 Å². The quantitative estimate of drug-likeness (QED) is 0.697. The number of aliphatic carboxylic acids is 1. The lowest BCUT2D eigenvalue weighted by molar-refractivity contribution is -0.309. The molecule has 0 rings (SSSR count). The number of hydrogen-bond donors (Lipinski definition) is 2. The Kier molecular flexibility index (Phi) is 8.19. The second kappa shape index (κ2) is 8.77. The molecule has 0 heterocycles. The van der Waals surface area contributed by atoms with Gasteiger partial charge in [0.15, 0.2) is 0 Å². The first-order valence-corrected chi connectivity index (χ1v) is 7.01. The Morgan fingerprint density at radius 2 is 1.58 bits per heavy atom. The SMILES string of the molecule is CC(C)CCC[C@@H](C)NC(=O)N[C@H](C(=O)[O-])C(C)C. The fourth-order valence-electron chi connectivity index (χ4n) is 1.81. The van der Waals surface area contributed by atoms with Gasteiger partial charge in [-0.05, 0) is 25.2 Å². The van der Waals surface area contributed by atoms with E-state index < -0.39 is 18.0 Å². The third-order valence-corrected chi connectivity index (χ3v) is 3.00. The number of rotatable bonds is 8. The molecular formula is C14H27N2O3-. The first kappa shape index (κ1) is 17.7. The lowest BCUT2D eigenvalue weighted by atomic mass is 10.0. The van der Waals surface area contributed by atoms with Gasteiger partial charge < -0.3 is 20.5 Å².